The third kappa shape index (κ3) is 4.43. The van der Waals surface area contributed by atoms with Gasteiger partial charge < -0.3 is 25.4 Å². The molecule has 47 heavy (non-hydrogen) atoms. The third-order valence-electron chi connectivity index (χ3n) is 11.9. The van der Waals surface area contributed by atoms with Crippen molar-refractivity contribution in [2.75, 3.05) is 12.4 Å². The average Bonchev–Trinajstić information content (AvgIpc) is 2.97. The molecule has 0 aliphatic heterocycles. The molecule has 10 heteroatoms. The predicted molar refractivity (Wildman–Crippen MR) is 174 cm³/mol. The lowest BCUT2D eigenvalue weighted by atomic mass is 9.35. The van der Waals surface area contributed by atoms with Crippen LogP contribution in [0.15, 0.2) is 24.3 Å². The van der Waals surface area contributed by atoms with Crippen LogP contribution in [0, 0.1) is 34.0 Å². The first-order valence-electron chi connectivity index (χ1n) is 16.1. The fourth-order valence-corrected chi connectivity index (χ4v) is 9.01. The van der Waals surface area contributed by atoms with E-state index in [2.05, 4.69) is 5.32 Å². The molecular weight excluding hydrogens is 602 g/mol. The number of aromatic hydroxyl groups is 2. The van der Waals surface area contributed by atoms with Gasteiger partial charge in [0, 0.05) is 17.4 Å². The maximum Gasteiger partial charge on any atom is 0.190 e. The number of methoxy groups -OCH3 is 1. The van der Waals surface area contributed by atoms with Gasteiger partial charge in [-0.3, -0.25) is 24.0 Å². The summed E-state index contributed by atoms with van der Waals surface area (Å²) in [6.07, 6.45) is 0.157. The summed E-state index contributed by atoms with van der Waals surface area (Å²) in [6, 6.07) is 6.65. The lowest BCUT2D eigenvalue weighted by Crippen LogP contribution is -2.79. The van der Waals surface area contributed by atoms with E-state index in [0.717, 1.165) is 12.5 Å². The highest BCUT2D eigenvalue weighted by Crippen LogP contribution is 2.68. The van der Waals surface area contributed by atoms with Crippen molar-refractivity contribution in [3.8, 4) is 17.2 Å². The minimum absolute atomic E-state index is 0.0197. The molecule has 2 fully saturated rings. The van der Waals surface area contributed by atoms with E-state index in [1.807, 2.05) is 13.8 Å². The molecule has 3 aliphatic rings. The van der Waals surface area contributed by atoms with Crippen molar-refractivity contribution in [2.24, 2.45) is 34.0 Å². The lowest BCUT2D eigenvalue weighted by Gasteiger charge is -2.65. The number of anilines is 1. The van der Waals surface area contributed by atoms with Crippen molar-refractivity contribution in [1.29, 1.82) is 0 Å². The summed E-state index contributed by atoms with van der Waals surface area (Å²) in [5.41, 5.74) is -4.74. The zero-order valence-corrected chi connectivity index (χ0v) is 28.5. The second-order valence-corrected chi connectivity index (χ2v) is 15.1. The molecule has 2 aromatic carbocycles. The number of rotatable bonds is 7. The molecule has 4 N–H and O–H groups in total. The van der Waals surface area contributed by atoms with Gasteiger partial charge in [-0.15, -0.1) is 0 Å². The Balaban J connectivity index is 1.67. The van der Waals surface area contributed by atoms with E-state index in [1.54, 1.807) is 52.8 Å². The van der Waals surface area contributed by atoms with E-state index in [9.17, 15) is 39.3 Å². The van der Waals surface area contributed by atoms with Gasteiger partial charge in [-0.2, -0.15) is 0 Å². The monoisotopic (exact) mass is 647 g/mol. The van der Waals surface area contributed by atoms with Gasteiger partial charge >= 0.3 is 0 Å². The SMILES string of the molecule is COc1ccc(CNc2cc(C(C)C)c3c(c2O)C(=O)C2C(=O)[C@@]4(O)C(=O)C(C(C)=O)C(=O)[C@@](C)(C(C)C)[C@@]4(C)C[C@@]2(C)C3)cc1O. The molecule has 10 nitrogen and oxygen atoms in total. The fraction of sp³-hybridized carbons (Fsp3) is 0.541. The average molecular weight is 648 g/mol. The van der Waals surface area contributed by atoms with E-state index >= 15 is 0 Å². The fourth-order valence-electron chi connectivity index (χ4n) is 9.01. The number of ether oxygens (including phenoxy) is 1. The summed E-state index contributed by atoms with van der Waals surface area (Å²) >= 11 is 0. The Hall–Kier alpha value is -4.05. The molecule has 2 saturated carbocycles. The zero-order chi connectivity index (χ0) is 35.2. The predicted octanol–water partition coefficient (Wildman–Crippen LogP) is 4.93. The Kier molecular flexibility index (Phi) is 8.03. The molecule has 252 valence electrons. The number of hydrogen-bond donors (Lipinski definition) is 4. The van der Waals surface area contributed by atoms with Crippen LogP contribution in [0.2, 0.25) is 0 Å². The Morgan fingerprint density at radius 1 is 1.00 bits per heavy atom. The van der Waals surface area contributed by atoms with Gasteiger partial charge in [-0.1, -0.05) is 54.5 Å². The molecule has 3 aliphatic carbocycles. The van der Waals surface area contributed by atoms with Crippen molar-refractivity contribution in [3.63, 3.8) is 0 Å². The number of carbonyl (C=O) groups is 5. The first-order valence-corrected chi connectivity index (χ1v) is 16.1. The van der Waals surface area contributed by atoms with Gasteiger partial charge in [0.15, 0.2) is 40.2 Å². The summed E-state index contributed by atoms with van der Waals surface area (Å²) in [6.45, 7) is 13.7. The van der Waals surface area contributed by atoms with Crippen LogP contribution in [0.4, 0.5) is 5.69 Å². The number of ketones is 5. The quantitative estimate of drug-likeness (QED) is 0.239. The molecule has 5 rings (SSSR count). The first-order chi connectivity index (χ1) is 21.7. The van der Waals surface area contributed by atoms with Crippen LogP contribution in [-0.2, 0) is 32.1 Å². The van der Waals surface area contributed by atoms with Crippen molar-refractivity contribution >= 4 is 34.6 Å². The van der Waals surface area contributed by atoms with E-state index < -0.39 is 68.5 Å². The molecule has 2 aromatic rings. The van der Waals surface area contributed by atoms with Crippen LogP contribution >= 0.6 is 0 Å². The summed E-state index contributed by atoms with van der Waals surface area (Å²) in [4.78, 5) is 70.1. The molecular formula is C37H45NO9. The number of phenols is 2. The first kappa shape index (κ1) is 34.3. The molecule has 0 heterocycles. The van der Waals surface area contributed by atoms with Gasteiger partial charge in [0.25, 0.3) is 0 Å². The number of phenolic OH excluding ortho intramolecular Hbond substituents is 2. The molecule has 0 amide bonds. The summed E-state index contributed by atoms with van der Waals surface area (Å²) in [7, 11) is 1.44. The Bertz CT molecular complexity index is 1740. The highest BCUT2D eigenvalue weighted by Gasteiger charge is 2.79. The maximum absolute atomic E-state index is 14.7. The second kappa shape index (κ2) is 11.0. The van der Waals surface area contributed by atoms with Crippen LogP contribution < -0.4 is 10.1 Å². The molecule has 6 atom stereocenters. The number of benzene rings is 2. The smallest absolute Gasteiger partial charge is 0.190 e. The Labute approximate surface area is 274 Å². The maximum atomic E-state index is 14.7. The van der Waals surface area contributed by atoms with Crippen LogP contribution in [0.1, 0.15) is 94.8 Å². The minimum Gasteiger partial charge on any atom is -0.505 e. The largest absolute Gasteiger partial charge is 0.505 e. The summed E-state index contributed by atoms with van der Waals surface area (Å²) < 4.78 is 5.11. The van der Waals surface area contributed by atoms with Crippen molar-refractivity contribution in [3.05, 3.63) is 46.5 Å². The number of aliphatic hydroxyl groups is 1. The number of fused-ring (bicyclic) bond motifs is 3. The van der Waals surface area contributed by atoms with Crippen LogP contribution in [0.5, 0.6) is 17.2 Å². The van der Waals surface area contributed by atoms with Crippen molar-refractivity contribution in [1.82, 2.24) is 0 Å². The highest BCUT2D eigenvalue weighted by atomic mass is 16.5. The topological polar surface area (TPSA) is 167 Å². The molecule has 0 aromatic heterocycles. The standard InChI is InChI=1S/C37H45NO9/c1-17(2)21-13-23(38-15-20-10-11-25(47-9)24(40)12-20)29(41)27-22(21)14-34(6)16-35(7)36(8,18(3)4)31(43)26(19(5)39)32(44)37(35,46)33(45)28(34)30(27)42/h10-13,17-18,26,28,38,40-41,46H,14-16H2,1-9H3/t26?,28?,34-,35-,36-,37+/m1/s1. The Morgan fingerprint density at radius 3 is 2.17 bits per heavy atom. The number of nitrogens with one attached hydrogen (secondary N) is 1. The summed E-state index contributed by atoms with van der Waals surface area (Å²) in [5, 5.41) is 37.4. The minimum atomic E-state index is -2.78. The number of hydrogen-bond acceptors (Lipinski definition) is 10. The third-order valence-corrected chi connectivity index (χ3v) is 11.9. The van der Waals surface area contributed by atoms with Gasteiger partial charge in [0.05, 0.1) is 24.3 Å². The van der Waals surface area contributed by atoms with Crippen molar-refractivity contribution in [2.45, 2.75) is 86.3 Å². The van der Waals surface area contributed by atoms with Crippen molar-refractivity contribution < 1.29 is 44.0 Å². The van der Waals surface area contributed by atoms with Crippen LogP contribution in [-0.4, -0.2) is 56.9 Å². The number of carbonyl (C=O) groups excluding carboxylic acids is 5. The second-order valence-electron chi connectivity index (χ2n) is 15.1. The van der Waals surface area contributed by atoms with Gasteiger partial charge in [-0.05, 0) is 71.9 Å². The van der Waals surface area contributed by atoms with E-state index in [4.69, 9.17) is 4.74 Å². The van der Waals surface area contributed by atoms with Gasteiger partial charge in [0.2, 0.25) is 0 Å². The van der Waals surface area contributed by atoms with Crippen LogP contribution in [0.3, 0.4) is 0 Å². The molecule has 0 spiro atoms. The lowest BCUT2D eigenvalue weighted by molar-refractivity contribution is -0.220. The zero-order valence-electron chi connectivity index (χ0n) is 28.5. The van der Waals surface area contributed by atoms with Crippen LogP contribution in [0.25, 0.3) is 0 Å². The van der Waals surface area contributed by atoms with E-state index in [1.165, 1.54) is 13.2 Å². The molecule has 0 bridgehead atoms. The van der Waals surface area contributed by atoms with Gasteiger partial charge in [0.1, 0.15) is 17.5 Å². The highest BCUT2D eigenvalue weighted by molar-refractivity contribution is 6.33. The number of Topliss-reactive ketones (excluding diaryl/α,β-unsaturated/α-hetero) is 5. The van der Waals surface area contributed by atoms with E-state index in [-0.39, 0.29) is 48.1 Å². The van der Waals surface area contributed by atoms with Gasteiger partial charge in [-0.25, -0.2) is 0 Å². The molecule has 0 radical (unpaired) electrons. The summed E-state index contributed by atoms with van der Waals surface area (Å²) in [5.74, 6) is -8.29. The normalized spacial score (nSPS) is 31.8. The Morgan fingerprint density at radius 2 is 1.64 bits per heavy atom. The van der Waals surface area contributed by atoms with E-state index in [0.29, 0.717) is 16.9 Å². The molecule has 0 saturated heterocycles. The molecule has 2 unspecified atom stereocenters.